The van der Waals surface area contributed by atoms with E-state index in [4.69, 9.17) is 5.73 Å². The third kappa shape index (κ3) is 8.65. The molecule has 0 aliphatic heterocycles. The molecule has 0 fully saturated rings. The largest absolute Gasteiger partial charge is 0.370 e. The first kappa shape index (κ1) is 12.6. The quantitative estimate of drug-likeness (QED) is 0.526. The lowest BCUT2D eigenvalue weighted by Gasteiger charge is -2.00. The molecule has 8 heteroatoms. The zero-order valence-corrected chi connectivity index (χ0v) is 8.21. The number of hydrogen-bond donors (Lipinski definition) is 2. The summed E-state index contributed by atoms with van der Waals surface area (Å²) in [7, 11) is -2.44. The molecule has 0 unspecified atom stereocenters. The molecular formula is C6H11N3O4S. The van der Waals surface area contributed by atoms with Crippen molar-refractivity contribution >= 4 is 22.3 Å². The van der Waals surface area contributed by atoms with Crippen molar-refractivity contribution in [3.05, 3.63) is 0 Å². The van der Waals surface area contributed by atoms with Gasteiger partial charge in [0.05, 0.1) is 6.54 Å². The number of nitrogens with one attached hydrogen (secondary N) is 1. The fourth-order valence-corrected chi connectivity index (χ4v) is 0.881. The van der Waals surface area contributed by atoms with Crippen LogP contribution in [0.3, 0.4) is 0 Å². The van der Waals surface area contributed by atoms with Crippen molar-refractivity contribution in [2.24, 2.45) is 10.1 Å². The van der Waals surface area contributed by atoms with Crippen molar-refractivity contribution in [2.75, 3.05) is 13.1 Å². The Bertz CT molecular complexity index is 327. The van der Waals surface area contributed by atoms with Gasteiger partial charge in [-0.3, -0.25) is 9.59 Å². The van der Waals surface area contributed by atoms with Crippen LogP contribution >= 0.6 is 0 Å². The van der Waals surface area contributed by atoms with Gasteiger partial charge < -0.3 is 11.1 Å². The van der Waals surface area contributed by atoms with Gasteiger partial charge >= 0.3 is 10.5 Å². The fraction of sp³-hybridized carbons (Fsp3) is 0.667. The second kappa shape index (κ2) is 7.01. The molecule has 0 rings (SSSR count). The number of primary amides is 1. The van der Waals surface area contributed by atoms with E-state index in [-0.39, 0.29) is 31.8 Å². The van der Waals surface area contributed by atoms with E-state index < -0.39 is 16.4 Å². The molecule has 0 aromatic rings. The van der Waals surface area contributed by atoms with Crippen LogP contribution in [0.15, 0.2) is 4.36 Å². The van der Waals surface area contributed by atoms with Gasteiger partial charge in [0.15, 0.2) is 0 Å². The van der Waals surface area contributed by atoms with Gasteiger partial charge in [-0.2, -0.15) is 12.8 Å². The Morgan fingerprint density at radius 3 is 2.43 bits per heavy atom. The van der Waals surface area contributed by atoms with Crippen LogP contribution in [-0.2, 0) is 20.1 Å². The van der Waals surface area contributed by atoms with Gasteiger partial charge in [0.2, 0.25) is 11.8 Å². The predicted molar refractivity (Wildman–Crippen MR) is 47.7 cm³/mol. The first-order valence-electron chi connectivity index (χ1n) is 3.84. The normalized spacial score (nSPS) is 9.14. The molecule has 0 heterocycles. The van der Waals surface area contributed by atoms with Crippen molar-refractivity contribution in [3.63, 3.8) is 0 Å². The minimum absolute atomic E-state index is 0.00156. The highest BCUT2D eigenvalue weighted by atomic mass is 32.2. The summed E-state index contributed by atoms with van der Waals surface area (Å²) < 4.78 is 22.9. The smallest absolute Gasteiger partial charge is 0.311 e. The summed E-state index contributed by atoms with van der Waals surface area (Å²) in [6.07, 6.45) is -0.00768. The van der Waals surface area contributed by atoms with E-state index in [2.05, 4.69) is 9.68 Å². The Kier molecular flexibility index (Phi) is 6.29. The molecule has 2 amide bonds. The van der Waals surface area contributed by atoms with Gasteiger partial charge in [0, 0.05) is 19.4 Å². The standard InChI is InChI=1S/C6H11N3O4S/c7-5(10)1-2-6(11)8-3-4-9-14(12)13/h1-4H2,(H2,7,10)(H,8,11). The Morgan fingerprint density at radius 2 is 1.93 bits per heavy atom. The molecule has 0 saturated heterocycles. The first-order chi connectivity index (χ1) is 6.52. The average Bonchev–Trinajstić information content (AvgIpc) is 2.08. The zero-order chi connectivity index (χ0) is 11.0. The lowest BCUT2D eigenvalue weighted by Crippen LogP contribution is -2.27. The van der Waals surface area contributed by atoms with Gasteiger partial charge in [-0.25, -0.2) is 0 Å². The Hall–Kier alpha value is -1.44. The van der Waals surface area contributed by atoms with Crippen LogP contribution in [0, 0.1) is 0 Å². The topological polar surface area (TPSA) is 119 Å². The molecule has 0 bridgehead atoms. The number of carbonyl (C=O) groups excluding carboxylic acids is 2. The van der Waals surface area contributed by atoms with Crippen LogP contribution in [-0.4, -0.2) is 33.3 Å². The zero-order valence-electron chi connectivity index (χ0n) is 7.39. The van der Waals surface area contributed by atoms with Crippen molar-refractivity contribution in [3.8, 4) is 0 Å². The first-order valence-corrected chi connectivity index (χ1v) is 4.87. The van der Waals surface area contributed by atoms with Crippen molar-refractivity contribution in [1.82, 2.24) is 5.32 Å². The van der Waals surface area contributed by atoms with Crippen molar-refractivity contribution in [2.45, 2.75) is 12.8 Å². The van der Waals surface area contributed by atoms with Crippen LogP contribution in [0.25, 0.3) is 0 Å². The van der Waals surface area contributed by atoms with Gasteiger partial charge in [0.1, 0.15) is 0 Å². The molecule has 0 aromatic heterocycles. The summed E-state index contributed by atoms with van der Waals surface area (Å²) in [4.78, 5) is 21.1. The Labute approximate surface area is 82.4 Å². The maximum Gasteiger partial charge on any atom is 0.311 e. The highest BCUT2D eigenvalue weighted by Crippen LogP contribution is 1.86. The SMILES string of the molecule is NC(=O)CCC(=O)NCCN=S(=O)=O. The third-order valence-corrected chi connectivity index (χ3v) is 1.62. The van der Waals surface area contributed by atoms with E-state index in [9.17, 15) is 18.0 Å². The Balaban J connectivity index is 3.55. The second-order valence-electron chi connectivity index (χ2n) is 2.39. The monoisotopic (exact) mass is 221 g/mol. The van der Waals surface area contributed by atoms with Crippen LogP contribution in [0.2, 0.25) is 0 Å². The summed E-state index contributed by atoms with van der Waals surface area (Å²) in [6.45, 7) is 0.129. The lowest BCUT2D eigenvalue weighted by molar-refractivity contribution is -0.125. The molecule has 80 valence electrons. The van der Waals surface area contributed by atoms with Crippen LogP contribution < -0.4 is 11.1 Å². The molecule has 0 saturated carbocycles. The van der Waals surface area contributed by atoms with E-state index in [0.29, 0.717) is 0 Å². The summed E-state index contributed by atoms with van der Waals surface area (Å²) >= 11 is 0. The Morgan fingerprint density at radius 1 is 1.29 bits per heavy atom. The summed E-state index contributed by atoms with van der Waals surface area (Å²) in [5, 5.41) is 2.38. The molecular weight excluding hydrogens is 210 g/mol. The maximum absolute atomic E-state index is 10.9. The average molecular weight is 221 g/mol. The molecule has 0 spiro atoms. The minimum Gasteiger partial charge on any atom is -0.370 e. The summed E-state index contributed by atoms with van der Waals surface area (Å²) in [6, 6.07) is 0. The highest BCUT2D eigenvalue weighted by molar-refractivity contribution is 7.61. The molecule has 7 nitrogen and oxygen atoms in total. The van der Waals surface area contributed by atoms with Gasteiger partial charge in [-0.05, 0) is 0 Å². The molecule has 3 N–H and O–H groups in total. The van der Waals surface area contributed by atoms with Crippen LogP contribution in [0.4, 0.5) is 0 Å². The molecule has 0 aliphatic rings. The van der Waals surface area contributed by atoms with Crippen LogP contribution in [0.5, 0.6) is 0 Å². The van der Waals surface area contributed by atoms with E-state index in [1.807, 2.05) is 0 Å². The molecule has 0 radical (unpaired) electrons. The molecule has 14 heavy (non-hydrogen) atoms. The lowest BCUT2D eigenvalue weighted by atomic mass is 10.3. The number of amides is 2. The minimum atomic E-state index is -2.44. The van der Waals surface area contributed by atoms with Gasteiger partial charge in [-0.1, -0.05) is 0 Å². The number of nitrogens with two attached hydrogens (primary N) is 1. The maximum atomic E-state index is 10.9. The number of hydrogen-bond acceptors (Lipinski definition) is 5. The van der Waals surface area contributed by atoms with E-state index >= 15 is 0 Å². The fourth-order valence-electron chi connectivity index (χ4n) is 0.641. The van der Waals surface area contributed by atoms with Gasteiger partial charge in [0.25, 0.3) is 0 Å². The summed E-state index contributed by atoms with van der Waals surface area (Å²) in [5.41, 5.74) is 4.82. The predicted octanol–water partition coefficient (Wildman–Crippen LogP) is -1.57. The molecule has 0 aliphatic carbocycles. The highest BCUT2D eigenvalue weighted by Gasteiger charge is 2.02. The van der Waals surface area contributed by atoms with E-state index in [0.717, 1.165) is 0 Å². The van der Waals surface area contributed by atoms with E-state index in [1.165, 1.54) is 0 Å². The van der Waals surface area contributed by atoms with E-state index in [1.54, 1.807) is 0 Å². The molecule has 0 aromatic carbocycles. The molecule has 0 atom stereocenters. The second-order valence-corrected chi connectivity index (χ2v) is 3.08. The van der Waals surface area contributed by atoms with Gasteiger partial charge in [-0.15, -0.1) is 0 Å². The summed E-state index contributed by atoms with van der Waals surface area (Å²) in [5.74, 6) is -0.902. The third-order valence-electron chi connectivity index (χ3n) is 1.23. The van der Waals surface area contributed by atoms with Crippen molar-refractivity contribution < 1.29 is 18.0 Å². The van der Waals surface area contributed by atoms with Crippen LogP contribution in [0.1, 0.15) is 12.8 Å². The number of rotatable bonds is 6. The number of nitrogens with zero attached hydrogens (tertiary/aromatic N) is 1. The number of carbonyl (C=O) groups is 2. The van der Waals surface area contributed by atoms with Crippen molar-refractivity contribution in [1.29, 1.82) is 0 Å².